The molecule has 1 fully saturated rings. The molecule has 1 aromatic heterocycles. The maximum atomic E-state index is 12.4. The topological polar surface area (TPSA) is 71.8 Å². The quantitative estimate of drug-likeness (QED) is 0.842. The number of carbonyl (C=O) groups is 1. The molecule has 0 radical (unpaired) electrons. The fourth-order valence-electron chi connectivity index (χ4n) is 2.81. The lowest BCUT2D eigenvalue weighted by Crippen LogP contribution is -2.30. The molecular weight excluding hydrogens is 310 g/mol. The lowest BCUT2D eigenvalue weighted by atomic mass is 10.1. The molecule has 2 heterocycles. The van der Waals surface area contributed by atoms with Gasteiger partial charge in [0.1, 0.15) is 0 Å². The van der Waals surface area contributed by atoms with E-state index in [1.165, 1.54) is 0 Å². The Labute approximate surface area is 140 Å². The second-order valence-corrected chi connectivity index (χ2v) is 6.51. The first kappa shape index (κ1) is 16.0. The maximum Gasteiger partial charge on any atom is 0.278 e. The van der Waals surface area contributed by atoms with Gasteiger partial charge in [0, 0.05) is 10.6 Å². The van der Waals surface area contributed by atoms with E-state index in [1.54, 1.807) is 11.8 Å². The minimum Gasteiger partial charge on any atom is -0.321 e. The number of nitrogens with zero attached hydrogens (tertiary/aromatic N) is 3. The number of aromatic nitrogens is 3. The lowest BCUT2D eigenvalue weighted by molar-refractivity contribution is 0.102. The lowest BCUT2D eigenvalue weighted by Gasteiger charge is -2.23. The zero-order valence-corrected chi connectivity index (χ0v) is 14.2. The summed E-state index contributed by atoms with van der Waals surface area (Å²) in [6.45, 7) is 3.87. The zero-order chi connectivity index (χ0) is 16.2. The fraction of sp³-hybridized carbons (Fsp3) is 0.438. The SMILES string of the molecule is CSc1ccc(NC(=O)c2nnn(C3CCNCC3)c2C)cc1. The second kappa shape index (κ2) is 7.14. The highest BCUT2D eigenvalue weighted by molar-refractivity contribution is 7.98. The van der Waals surface area contributed by atoms with Gasteiger partial charge in [0.05, 0.1) is 11.7 Å². The van der Waals surface area contributed by atoms with Crippen LogP contribution in [0.4, 0.5) is 5.69 Å². The van der Waals surface area contributed by atoms with Gasteiger partial charge >= 0.3 is 0 Å². The molecular formula is C16H21N5OS. The van der Waals surface area contributed by atoms with Crippen LogP contribution >= 0.6 is 11.8 Å². The summed E-state index contributed by atoms with van der Waals surface area (Å²) in [5.74, 6) is -0.209. The summed E-state index contributed by atoms with van der Waals surface area (Å²) in [6, 6.07) is 8.09. The Hall–Kier alpha value is -1.86. The van der Waals surface area contributed by atoms with E-state index < -0.39 is 0 Å². The largest absolute Gasteiger partial charge is 0.321 e. The van der Waals surface area contributed by atoms with E-state index in [1.807, 2.05) is 42.1 Å². The summed E-state index contributed by atoms with van der Waals surface area (Å²) in [5, 5.41) is 14.5. The Morgan fingerprint density at radius 3 is 2.65 bits per heavy atom. The number of hydrogen-bond acceptors (Lipinski definition) is 5. The minimum absolute atomic E-state index is 0.209. The molecule has 0 bridgehead atoms. The van der Waals surface area contributed by atoms with Crippen LogP contribution in [0.2, 0.25) is 0 Å². The highest BCUT2D eigenvalue weighted by Crippen LogP contribution is 2.21. The summed E-state index contributed by atoms with van der Waals surface area (Å²) in [6.07, 6.45) is 4.05. The van der Waals surface area contributed by atoms with E-state index in [9.17, 15) is 4.79 Å². The van der Waals surface area contributed by atoms with Gasteiger partial charge < -0.3 is 10.6 Å². The highest BCUT2D eigenvalue weighted by atomic mass is 32.2. The van der Waals surface area contributed by atoms with Crippen molar-refractivity contribution in [3.63, 3.8) is 0 Å². The van der Waals surface area contributed by atoms with Gasteiger partial charge in [-0.15, -0.1) is 16.9 Å². The first-order chi connectivity index (χ1) is 11.2. The van der Waals surface area contributed by atoms with Crippen LogP contribution in [-0.2, 0) is 0 Å². The van der Waals surface area contributed by atoms with Crippen LogP contribution in [0.5, 0.6) is 0 Å². The summed E-state index contributed by atoms with van der Waals surface area (Å²) in [7, 11) is 0. The van der Waals surface area contributed by atoms with Crippen LogP contribution in [0, 0.1) is 6.92 Å². The van der Waals surface area contributed by atoms with Crippen LogP contribution in [0.15, 0.2) is 29.2 Å². The highest BCUT2D eigenvalue weighted by Gasteiger charge is 2.22. The van der Waals surface area contributed by atoms with Gasteiger partial charge in [-0.25, -0.2) is 4.68 Å². The molecule has 6 nitrogen and oxygen atoms in total. The Bertz CT molecular complexity index is 676. The molecule has 3 rings (SSSR count). The number of piperidine rings is 1. The van der Waals surface area contributed by atoms with Crippen LogP contribution in [-0.4, -0.2) is 40.2 Å². The van der Waals surface area contributed by atoms with Gasteiger partial charge in [-0.2, -0.15) is 0 Å². The number of nitrogens with one attached hydrogen (secondary N) is 2. The third-order valence-corrected chi connectivity index (χ3v) is 4.89. The van der Waals surface area contributed by atoms with Crippen molar-refractivity contribution in [2.75, 3.05) is 24.7 Å². The van der Waals surface area contributed by atoms with Gasteiger partial charge in [-0.3, -0.25) is 4.79 Å². The van der Waals surface area contributed by atoms with Crippen molar-refractivity contribution in [3.05, 3.63) is 35.7 Å². The molecule has 0 spiro atoms. The monoisotopic (exact) mass is 331 g/mol. The van der Waals surface area contributed by atoms with Gasteiger partial charge in [0.2, 0.25) is 0 Å². The van der Waals surface area contributed by atoms with Crippen molar-refractivity contribution in [2.45, 2.75) is 30.7 Å². The van der Waals surface area contributed by atoms with E-state index in [2.05, 4.69) is 20.9 Å². The van der Waals surface area contributed by atoms with Gasteiger partial charge in [0.25, 0.3) is 5.91 Å². The molecule has 7 heteroatoms. The molecule has 122 valence electrons. The van der Waals surface area contributed by atoms with E-state index in [0.29, 0.717) is 11.7 Å². The Morgan fingerprint density at radius 1 is 1.30 bits per heavy atom. The molecule has 1 amide bonds. The van der Waals surface area contributed by atoms with Crippen LogP contribution in [0.1, 0.15) is 35.1 Å². The zero-order valence-electron chi connectivity index (χ0n) is 13.4. The molecule has 1 aliphatic heterocycles. The Balaban J connectivity index is 1.73. The van der Waals surface area contributed by atoms with E-state index in [4.69, 9.17) is 0 Å². The van der Waals surface area contributed by atoms with Crippen LogP contribution in [0.25, 0.3) is 0 Å². The van der Waals surface area contributed by atoms with E-state index in [0.717, 1.165) is 42.2 Å². The van der Waals surface area contributed by atoms with Crippen molar-refractivity contribution in [3.8, 4) is 0 Å². The number of thioether (sulfide) groups is 1. The minimum atomic E-state index is -0.209. The molecule has 0 atom stereocenters. The van der Waals surface area contributed by atoms with E-state index >= 15 is 0 Å². The second-order valence-electron chi connectivity index (χ2n) is 5.63. The number of benzene rings is 1. The average molecular weight is 331 g/mol. The number of carbonyl (C=O) groups excluding carboxylic acids is 1. The van der Waals surface area contributed by atoms with Crippen LogP contribution in [0.3, 0.4) is 0 Å². The molecule has 0 aliphatic carbocycles. The summed E-state index contributed by atoms with van der Waals surface area (Å²) in [5.41, 5.74) is 2.00. The average Bonchev–Trinajstić information content (AvgIpc) is 2.98. The molecule has 1 saturated heterocycles. The van der Waals surface area contributed by atoms with E-state index in [-0.39, 0.29) is 5.91 Å². The van der Waals surface area contributed by atoms with Gasteiger partial charge in [-0.05, 0) is 63.4 Å². The van der Waals surface area contributed by atoms with Crippen molar-refractivity contribution in [2.24, 2.45) is 0 Å². The molecule has 0 saturated carbocycles. The smallest absolute Gasteiger partial charge is 0.278 e. The first-order valence-electron chi connectivity index (χ1n) is 7.77. The number of anilines is 1. The van der Waals surface area contributed by atoms with Crippen LogP contribution < -0.4 is 10.6 Å². The summed E-state index contributed by atoms with van der Waals surface area (Å²) in [4.78, 5) is 13.6. The molecule has 0 unspecified atom stereocenters. The standard InChI is InChI=1S/C16H21N5OS/c1-11-15(19-20-21(11)13-7-9-17-10-8-13)16(22)18-12-3-5-14(23-2)6-4-12/h3-6,13,17H,7-10H2,1-2H3,(H,18,22). The van der Waals surface area contributed by atoms with Crippen molar-refractivity contribution in [1.29, 1.82) is 0 Å². The predicted molar refractivity (Wildman–Crippen MR) is 92.1 cm³/mol. The number of hydrogen-bond donors (Lipinski definition) is 2. The van der Waals surface area contributed by atoms with Crippen molar-refractivity contribution in [1.82, 2.24) is 20.3 Å². The maximum absolute atomic E-state index is 12.4. The van der Waals surface area contributed by atoms with Gasteiger partial charge in [-0.1, -0.05) is 5.21 Å². The third kappa shape index (κ3) is 3.56. The first-order valence-corrected chi connectivity index (χ1v) is 8.99. The third-order valence-electron chi connectivity index (χ3n) is 4.14. The van der Waals surface area contributed by atoms with Crippen molar-refractivity contribution >= 4 is 23.4 Å². The molecule has 23 heavy (non-hydrogen) atoms. The molecule has 1 aromatic carbocycles. The number of amides is 1. The van der Waals surface area contributed by atoms with Crippen molar-refractivity contribution < 1.29 is 4.79 Å². The Morgan fingerprint density at radius 2 is 2.00 bits per heavy atom. The summed E-state index contributed by atoms with van der Waals surface area (Å²) >= 11 is 1.67. The molecule has 2 N–H and O–H groups in total. The molecule has 1 aliphatic rings. The molecule has 2 aromatic rings. The number of rotatable bonds is 4. The fourth-order valence-corrected chi connectivity index (χ4v) is 3.22. The normalized spacial score (nSPS) is 15.6. The van der Waals surface area contributed by atoms with Gasteiger partial charge in [0.15, 0.2) is 5.69 Å². The Kier molecular flexibility index (Phi) is 4.97. The summed E-state index contributed by atoms with van der Waals surface area (Å²) < 4.78 is 1.90. The predicted octanol–water partition coefficient (Wildman–Crippen LogP) is 2.49.